The number of H-pyrrole nitrogens is 3. The number of carboxylic acid groups (broad SMARTS) is 1. The molecule has 3 aliphatic heterocycles. The van der Waals surface area contributed by atoms with Crippen LogP contribution in [0, 0.1) is 10.8 Å². The standard InChI is InChI=1S/C22H27N5O4.C22H25N5O4.C18H20N4O2.C2HF3O2.CH2Cl2.4CH4.N2/c2*1-22(2,3)31-21(29)26-9-4-5-10-30-17-12-16-18(19(23)24-17)25-20(28)27(16)13-14-7-6-8-15(26)11-14;19-17-16-14-10-15(20-17)24-8-3-1-2-5-12-6-4-7-13(9-12)11-22(14)18(23)21-16;3-2(4,5)1(6)7;2-1-3;;;;;1-2/h6-8,11-12H,4-5,9-10,13H2,1-3H3,(H2,23,24)(H,25,28);4-8,11-12H,9-10,13H2,1-3H3,(H2,23,24)(H,25,28);4,6-7,9-10H,1-3,5,8,11H2,(H2,19,20)(H,21,23);(H,6,7);1H2;4*1H4;/b;5-4+;;;;;;;;. The fraction of sp³-hybridized carbons (Fsp3) is 0.406. The summed E-state index contributed by atoms with van der Waals surface area (Å²) in [6.07, 6.45) is 3.35. The van der Waals surface area contributed by atoms with E-state index in [2.05, 4.69) is 48.1 Å². The maximum atomic E-state index is 12.9. The lowest BCUT2D eigenvalue weighted by Gasteiger charge is -2.28. The van der Waals surface area contributed by atoms with Crippen molar-refractivity contribution >= 4 is 103 Å². The number of alkyl halides is 5. The van der Waals surface area contributed by atoms with E-state index >= 15 is 0 Å². The Labute approximate surface area is 597 Å². The van der Waals surface area contributed by atoms with Crippen molar-refractivity contribution in [3.05, 3.63) is 157 Å². The van der Waals surface area contributed by atoms with Gasteiger partial charge in [-0.05, 0) is 133 Å². The van der Waals surface area contributed by atoms with Crippen LogP contribution in [0.3, 0.4) is 0 Å². The zero-order valence-electron chi connectivity index (χ0n) is 54.5. The van der Waals surface area contributed by atoms with Gasteiger partial charge < -0.3 is 60.9 Å². The third-order valence-corrected chi connectivity index (χ3v) is 14.4. The first-order chi connectivity index (χ1) is 46.5. The molecule has 0 saturated heterocycles. The molecule has 3 aliphatic rings. The molecule has 9 aromatic rings. The predicted molar refractivity (Wildman–Crippen MR) is 391 cm³/mol. The van der Waals surface area contributed by atoms with E-state index in [1.807, 2.05) is 102 Å². The van der Waals surface area contributed by atoms with E-state index in [0.29, 0.717) is 103 Å². The highest BCUT2D eigenvalue weighted by atomic mass is 35.5. The number of carbonyl (C=O) groups is 3. The summed E-state index contributed by atoms with van der Waals surface area (Å²) in [5.74, 6) is -0.889. The number of carboxylic acids is 1. The molecule has 0 spiro atoms. The van der Waals surface area contributed by atoms with Gasteiger partial charge in [0.2, 0.25) is 17.6 Å². The van der Waals surface area contributed by atoms with Crippen molar-refractivity contribution in [3.63, 3.8) is 0 Å². The topological polar surface area (TPSA) is 402 Å². The Morgan fingerprint density at radius 2 is 0.912 bits per heavy atom. The number of nitrogens with one attached hydrogen (secondary N) is 3. The minimum atomic E-state index is -5.08. The molecule has 0 atom stereocenters. The highest BCUT2D eigenvalue weighted by molar-refractivity contribution is 6.40. The van der Waals surface area contributed by atoms with Crippen LogP contribution in [0.1, 0.15) is 126 Å². The van der Waals surface area contributed by atoms with Crippen molar-refractivity contribution in [2.45, 2.75) is 147 Å². The third kappa shape index (κ3) is 23.4. The van der Waals surface area contributed by atoms with Gasteiger partial charge in [0.05, 0.1) is 54.7 Å². The van der Waals surface area contributed by atoms with E-state index in [1.54, 1.807) is 47.8 Å². The van der Waals surface area contributed by atoms with Crippen molar-refractivity contribution in [1.29, 1.82) is 10.8 Å². The Kier molecular flexibility index (Phi) is 32.0. The molecule has 0 radical (unpaired) electrons. The number of amides is 2. The van der Waals surface area contributed by atoms with Crippen LogP contribution in [-0.4, -0.2) is 122 Å². The first kappa shape index (κ1) is 85.5. The molecule has 554 valence electrons. The summed E-state index contributed by atoms with van der Waals surface area (Å²) in [5, 5.41) is 19.3. The van der Waals surface area contributed by atoms with Crippen LogP contribution < -0.4 is 58.3 Å². The average molecular weight is 1460 g/mol. The molecule has 0 fully saturated rings. The Morgan fingerprint density at radius 1 is 0.549 bits per heavy atom. The van der Waals surface area contributed by atoms with Crippen LogP contribution in [-0.2, 0) is 40.3 Å². The number of nitrogens with two attached hydrogens (primary N) is 3. The fourth-order valence-electron chi connectivity index (χ4n) is 10.2. The van der Waals surface area contributed by atoms with Crippen molar-refractivity contribution < 1.29 is 56.3 Å². The van der Waals surface area contributed by atoms with Crippen LogP contribution >= 0.6 is 23.2 Å². The number of ether oxygens (including phenoxy) is 5. The predicted octanol–water partition coefficient (Wildman–Crippen LogP) is 13.4. The number of hydrogen-bond acceptors (Lipinski definition) is 19. The number of aromatic amines is 3. The molecular weight excluding hydrogens is 1370 g/mol. The first-order valence-electron chi connectivity index (χ1n) is 30.6. The van der Waals surface area contributed by atoms with Crippen LogP contribution in [0.4, 0.5) is 51.6 Å². The van der Waals surface area contributed by atoms with Gasteiger partial charge in [-0.1, -0.05) is 84.3 Å². The summed E-state index contributed by atoms with van der Waals surface area (Å²) < 4.78 is 65.0. The van der Waals surface area contributed by atoms with E-state index in [0.717, 1.165) is 60.0 Å². The van der Waals surface area contributed by atoms with E-state index in [1.165, 1.54) is 5.56 Å². The summed E-state index contributed by atoms with van der Waals surface area (Å²) >= 11 is 9.53. The molecule has 2 amide bonds. The lowest BCUT2D eigenvalue weighted by atomic mass is 10.0. The maximum Gasteiger partial charge on any atom is 0.490 e. The highest BCUT2D eigenvalue weighted by Gasteiger charge is 2.38. The maximum absolute atomic E-state index is 12.9. The van der Waals surface area contributed by atoms with Gasteiger partial charge >= 0.3 is 41.4 Å². The van der Waals surface area contributed by atoms with E-state index < -0.39 is 35.5 Å². The molecule has 9 heterocycles. The highest BCUT2D eigenvalue weighted by Crippen LogP contribution is 2.29. The number of benzene rings is 3. The quantitative estimate of drug-likeness (QED) is 0.0421. The summed E-state index contributed by atoms with van der Waals surface area (Å²) in [4.78, 5) is 96.4. The zero-order valence-corrected chi connectivity index (χ0v) is 56.0. The third-order valence-electron chi connectivity index (χ3n) is 14.4. The smallest absolute Gasteiger partial charge is 0.478 e. The van der Waals surface area contributed by atoms with Gasteiger partial charge in [-0.15, -0.1) is 23.2 Å². The van der Waals surface area contributed by atoms with Crippen LogP contribution in [0.25, 0.3) is 33.1 Å². The Balaban J connectivity index is 0.000000363. The number of nitrogen functional groups attached to an aromatic ring is 3. The lowest BCUT2D eigenvalue weighted by Crippen LogP contribution is -2.37. The Hall–Kier alpha value is -10.7. The Bertz CT molecular complexity index is 4510. The number of pyridine rings is 3. The van der Waals surface area contributed by atoms with Crippen molar-refractivity contribution in [1.82, 2.24) is 43.6 Å². The minimum Gasteiger partial charge on any atom is -0.478 e. The van der Waals surface area contributed by atoms with Gasteiger partial charge in [-0.25, -0.2) is 28.8 Å². The lowest BCUT2D eigenvalue weighted by molar-refractivity contribution is -0.192. The molecule has 0 unspecified atom stereocenters. The molecule has 102 heavy (non-hydrogen) atoms. The number of carbonyl (C=O) groups excluding carboxylic acids is 2. The van der Waals surface area contributed by atoms with Gasteiger partial charge in [0.15, 0.2) is 17.5 Å². The first-order valence-corrected chi connectivity index (χ1v) is 31.6. The van der Waals surface area contributed by atoms with E-state index in [-0.39, 0.29) is 76.9 Å². The number of imidazole rings is 3. The van der Waals surface area contributed by atoms with Gasteiger partial charge in [0, 0.05) is 53.4 Å². The van der Waals surface area contributed by atoms with E-state index in [9.17, 15) is 37.1 Å². The number of rotatable bonds is 0. The van der Waals surface area contributed by atoms with Crippen molar-refractivity contribution in [2.24, 2.45) is 0 Å². The molecular formula is C69H91Cl2F3N16O12. The monoisotopic (exact) mass is 1460 g/mol. The summed E-state index contributed by atoms with van der Waals surface area (Å²) in [6.45, 7) is 14.1. The molecule has 28 nitrogen and oxygen atoms in total. The number of fused-ring (bicyclic) bond motifs is 9. The molecule has 12 rings (SSSR count). The number of aromatic nitrogens is 9. The fourth-order valence-corrected chi connectivity index (χ4v) is 10.2. The molecule has 6 aromatic heterocycles. The number of nitrogens with zero attached hydrogens (tertiary/aromatic N) is 10. The van der Waals surface area contributed by atoms with Gasteiger partial charge in [0.1, 0.15) is 34.4 Å². The molecule has 3 aromatic carbocycles. The normalized spacial score (nSPS) is 13.7. The molecule has 10 N–H and O–H groups in total. The second-order valence-corrected chi connectivity index (χ2v) is 24.9. The van der Waals surface area contributed by atoms with Gasteiger partial charge in [-0.2, -0.15) is 28.1 Å². The number of halogens is 5. The molecule has 0 saturated carbocycles. The molecule has 12 bridgehead atoms. The second kappa shape index (κ2) is 38.2. The van der Waals surface area contributed by atoms with Crippen LogP contribution in [0.2, 0.25) is 0 Å². The minimum absolute atomic E-state index is 0. The summed E-state index contributed by atoms with van der Waals surface area (Å²) in [5.41, 5.74) is 25.0. The number of aliphatic carboxylic acids is 1. The average Bonchev–Trinajstić information content (AvgIpc) is 1.65. The van der Waals surface area contributed by atoms with Gasteiger partial charge in [0.25, 0.3) is 0 Å². The van der Waals surface area contributed by atoms with Crippen molar-refractivity contribution in [2.75, 3.05) is 65.3 Å². The largest absolute Gasteiger partial charge is 0.490 e. The van der Waals surface area contributed by atoms with Crippen LogP contribution in [0.5, 0.6) is 17.6 Å². The number of aryl methyl sites for hydroxylation is 1. The number of hydrogen-bond donors (Lipinski definition) is 7. The molecule has 33 heteroatoms. The SMILES string of the molecule is C.C.C.C.CC(C)(C)OC(=O)N1C/C=C/COc2cc3c([nH]c(=O)n3Cc3cccc1c3)c(N)n2.CC(C)(C)OC(=O)N1CCCCOc2cc3c([nH]c(=O)n3Cc3cccc1c3)c(N)n2.ClCCl.N#N.Nc1nc2cc3c1[nH]c(=O)n3Cc1cccc(c1)CCCCCO2.O=C(O)C(F)(F)F. The second-order valence-electron chi connectivity index (χ2n) is 24.1. The molecule has 0 aliphatic carbocycles. The van der Waals surface area contributed by atoms with Gasteiger partial charge in [-0.3, -0.25) is 23.5 Å². The Morgan fingerprint density at radius 3 is 1.32 bits per heavy atom. The van der Waals surface area contributed by atoms with Crippen molar-refractivity contribution in [3.8, 4) is 17.6 Å². The zero-order chi connectivity index (χ0) is 71.6. The number of anilines is 5. The summed E-state index contributed by atoms with van der Waals surface area (Å²) in [7, 11) is 0. The summed E-state index contributed by atoms with van der Waals surface area (Å²) in [6, 6.07) is 28.6. The van der Waals surface area contributed by atoms with E-state index in [4.69, 9.17) is 84.8 Å². The van der Waals surface area contributed by atoms with Crippen LogP contribution in [0.15, 0.2) is 118 Å².